The molecule has 0 amide bonds. The predicted molar refractivity (Wildman–Crippen MR) is 70.8 cm³/mol. The maximum Gasteiger partial charge on any atom is 0.213 e. The lowest BCUT2D eigenvalue weighted by Crippen LogP contribution is -1.91. The molecule has 17 heavy (non-hydrogen) atoms. The summed E-state index contributed by atoms with van der Waals surface area (Å²) in [5.41, 5.74) is 3.17. The fourth-order valence-corrected chi connectivity index (χ4v) is 1.57. The van der Waals surface area contributed by atoms with Gasteiger partial charge in [0.2, 0.25) is 5.82 Å². The Bertz CT molecular complexity index is 532. The Labute approximate surface area is 103 Å². The van der Waals surface area contributed by atoms with Crippen molar-refractivity contribution in [1.29, 1.82) is 5.26 Å². The minimum atomic E-state index is 0.466. The third kappa shape index (κ3) is 2.85. The van der Waals surface area contributed by atoms with E-state index in [4.69, 9.17) is 5.26 Å². The van der Waals surface area contributed by atoms with Crippen LogP contribution in [0, 0.1) is 11.3 Å². The highest BCUT2D eigenvalue weighted by molar-refractivity contribution is 5.77. The van der Waals surface area contributed by atoms with Gasteiger partial charge in [0.1, 0.15) is 6.07 Å². The average Bonchev–Trinajstić information content (AvgIpc) is 2.66. The van der Waals surface area contributed by atoms with E-state index in [2.05, 4.69) is 37.9 Å². The predicted octanol–water partition coefficient (Wildman–Crippen LogP) is 3.42. The molecule has 0 atom stereocenters. The van der Waals surface area contributed by atoms with E-state index < -0.39 is 0 Å². The lowest BCUT2D eigenvalue weighted by molar-refractivity contribution is 0.920. The number of hydrogen-bond donors (Lipinski definition) is 0. The van der Waals surface area contributed by atoms with Crippen molar-refractivity contribution in [3.63, 3.8) is 0 Å². The number of rotatable bonds is 1. The van der Waals surface area contributed by atoms with Crippen molar-refractivity contribution in [3.05, 3.63) is 29.6 Å². The number of nitriles is 1. The largest absolute Gasteiger partial charge is 0.319 e. The minimum absolute atomic E-state index is 0.466. The highest BCUT2D eigenvalue weighted by Crippen LogP contribution is 2.16. The third-order valence-electron chi connectivity index (χ3n) is 2.45. The van der Waals surface area contributed by atoms with Gasteiger partial charge < -0.3 is 4.57 Å². The maximum absolute atomic E-state index is 8.81. The second-order valence-electron chi connectivity index (χ2n) is 3.99. The van der Waals surface area contributed by atoms with Crippen LogP contribution in [-0.4, -0.2) is 9.55 Å². The van der Waals surface area contributed by atoms with Crippen LogP contribution < -0.4 is 0 Å². The van der Waals surface area contributed by atoms with Crippen molar-refractivity contribution in [1.82, 2.24) is 9.55 Å². The van der Waals surface area contributed by atoms with E-state index in [1.807, 2.05) is 23.7 Å². The molecule has 90 valence electrons. The molecule has 1 aromatic carbocycles. The monoisotopic (exact) mass is 229 g/mol. The standard InChI is InChI=1S/C11H11N3.C3H8/c1-3-8-4-5-10-9(6-8)13-11(7-12)14(10)2;1-3-2/h4-6H,3H2,1-2H3;3H2,1-2H3. The van der Waals surface area contributed by atoms with Gasteiger partial charge in [-0.05, 0) is 24.1 Å². The van der Waals surface area contributed by atoms with E-state index in [0.717, 1.165) is 17.5 Å². The van der Waals surface area contributed by atoms with Crippen molar-refractivity contribution in [3.8, 4) is 6.07 Å². The molecule has 0 spiro atoms. The first-order chi connectivity index (χ1) is 8.17. The molecule has 0 fully saturated rings. The van der Waals surface area contributed by atoms with Crippen LogP contribution >= 0.6 is 0 Å². The Morgan fingerprint density at radius 2 is 1.94 bits per heavy atom. The van der Waals surface area contributed by atoms with Crippen LogP contribution in [0.2, 0.25) is 0 Å². The zero-order valence-corrected chi connectivity index (χ0v) is 11.0. The molecule has 0 saturated carbocycles. The van der Waals surface area contributed by atoms with Crippen molar-refractivity contribution >= 4 is 11.0 Å². The summed E-state index contributed by atoms with van der Waals surface area (Å²) >= 11 is 0. The van der Waals surface area contributed by atoms with Crippen LogP contribution in [-0.2, 0) is 13.5 Å². The number of fused-ring (bicyclic) bond motifs is 1. The molecule has 0 unspecified atom stereocenters. The molecule has 2 aromatic rings. The summed E-state index contributed by atoms with van der Waals surface area (Å²) in [6.45, 7) is 6.36. The molecule has 3 heteroatoms. The fourth-order valence-electron chi connectivity index (χ4n) is 1.57. The first-order valence-electron chi connectivity index (χ1n) is 6.03. The smallest absolute Gasteiger partial charge is 0.213 e. The van der Waals surface area contributed by atoms with E-state index >= 15 is 0 Å². The summed E-state index contributed by atoms with van der Waals surface area (Å²) < 4.78 is 1.81. The Morgan fingerprint density at radius 3 is 2.47 bits per heavy atom. The molecule has 2 rings (SSSR count). The van der Waals surface area contributed by atoms with Gasteiger partial charge in [0, 0.05) is 7.05 Å². The van der Waals surface area contributed by atoms with Crippen molar-refractivity contribution in [2.75, 3.05) is 0 Å². The normalized spacial score (nSPS) is 9.59. The van der Waals surface area contributed by atoms with E-state index in [0.29, 0.717) is 5.82 Å². The zero-order chi connectivity index (χ0) is 12.8. The zero-order valence-electron chi connectivity index (χ0n) is 11.0. The van der Waals surface area contributed by atoms with Gasteiger partial charge >= 0.3 is 0 Å². The molecule has 0 bridgehead atoms. The SMILES string of the molecule is CCC.CCc1ccc2c(c1)nc(C#N)n2C. The van der Waals surface area contributed by atoms with E-state index in [1.54, 1.807) is 0 Å². The number of benzene rings is 1. The van der Waals surface area contributed by atoms with Gasteiger partial charge in [-0.25, -0.2) is 4.98 Å². The second kappa shape index (κ2) is 6.05. The van der Waals surface area contributed by atoms with E-state index in [-0.39, 0.29) is 0 Å². The summed E-state index contributed by atoms with van der Waals surface area (Å²) in [6.07, 6.45) is 2.24. The summed E-state index contributed by atoms with van der Waals surface area (Å²) in [5, 5.41) is 8.81. The molecule has 1 aromatic heterocycles. The summed E-state index contributed by atoms with van der Waals surface area (Å²) in [7, 11) is 1.86. The van der Waals surface area contributed by atoms with Gasteiger partial charge in [-0.2, -0.15) is 5.26 Å². The van der Waals surface area contributed by atoms with Gasteiger partial charge in [0.25, 0.3) is 0 Å². The highest BCUT2D eigenvalue weighted by Gasteiger charge is 2.06. The molecule has 0 N–H and O–H groups in total. The molecule has 0 aliphatic carbocycles. The van der Waals surface area contributed by atoms with Gasteiger partial charge in [0.15, 0.2) is 0 Å². The quantitative estimate of drug-likeness (QED) is 0.751. The van der Waals surface area contributed by atoms with Gasteiger partial charge in [-0.1, -0.05) is 33.3 Å². The maximum atomic E-state index is 8.81. The molecule has 0 radical (unpaired) electrons. The highest BCUT2D eigenvalue weighted by atomic mass is 15.1. The third-order valence-corrected chi connectivity index (χ3v) is 2.45. The molecule has 3 nitrogen and oxygen atoms in total. The van der Waals surface area contributed by atoms with Crippen LogP contribution in [0.4, 0.5) is 0 Å². The number of aryl methyl sites for hydroxylation is 2. The van der Waals surface area contributed by atoms with E-state index in [9.17, 15) is 0 Å². The molecule has 0 saturated heterocycles. The van der Waals surface area contributed by atoms with Gasteiger partial charge in [-0.15, -0.1) is 0 Å². The van der Waals surface area contributed by atoms with Crippen LogP contribution in [0.25, 0.3) is 11.0 Å². The number of aromatic nitrogens is 2. The minimum Gasteiger partial charge on any atom is -0.319 e. The van der Waals surface area contributed by atoms with Gasteiger partial charge in [-0.3, -0.25) is 0 Å². The Balaban J connectivity index is 0.000000437. The first-order valence-corrected chi connectivity index (χ1v) is 6.03. The summed E-state index contributed by atoms with van der Waals surface area (Å²) in [4.78, 5) is 4.24. The fraction of sp³-hybridized carbons (Fsp3) is 0.429. The van der Waals surface area contributed by atoms with Crippen LogP contribution in [0.1, 0.15) is 38.6 Å². The Hall–Kier alpha value is -1.82. The Morgan fingerprint density at radius 1 is 1.29 bits per heavy atom. The molecule has 1 heterocycles. The lowest BCUT2D eigenvalue weighted by Gasteiger charge is -1.97. The van der Waals surface area contributed by atoms with Gasteiger partial charge in [0.05, 0.1) is 11.0 Å². The van der Waals surface area contributed by atoms with Crippen LogP contribution in [0.3, 0.4) is 0 Å². The second-order valence-corrected chi connectivity index (χ2v) is 3.99. The van der Waals surface area contributed by atoms with Crippen molar-refractivity contribution in [2.45, 2.75) is 33.6 Å². The van der Waals surface area contributed by atoms with Crippen LogP contribution in [0.15, 0.2) is 18.2 Å². The topological polar surface area (TPSA) is 41.6 Å². The Kier molecular flexibility index (Phi) is 4.71. The van der Waals surface area contributed by atoms with Crippen molar-refractivity contribution < 1.29 is 0 Å². The van der Waals surface area contributed by atoms with Crippen molar-refractivity contribution in [2.24, 2.45) is 7.05 Å². The average molecular weight is 229 g/mol. The summed E-state index contributed by atoms with van der Waals surface area (Å²) in [5.74, 6) is 0.466. The number of nitrogens with zero attached hydrogens (tertiary/aromatic N) is 3. The number of hydrogen-bond acceptors (Lipinski definition) is 2. The van der Waals surface area contributed by atoms with E-state index in [1.165, 1.54) is 12.0 Å². The van der Waals surface area contributed by atoms with Crippen LogP contribution in [0.5, 0.6) is 0 Å². The first kappa shape index (κ1) is 13.2. The molecular weight excluding hydrogens is 210 g/mol. The molecular formula is C14H19N3. The molecule has 0 aliphatic heterocycles. The number of imidazole rings is 1. The lowest BCUT2D eigenvalue weighted by atomic mass is 10.1. The molecule has 0 aliphatic rings. The summed E-state index contributed by atoms with van der Waals surface area (Å²) in [6, 6.07) is 8.20.